The smallest absolute Gasteiger partial charge is 0.256 e. The van der Waals surface area contributed by atoms with E-state index in [1.165, 1.54) is 24.0 Å². The zero-order valence-corrected chi connectivity index (χ0v) is 25.2. The van der Waals surface area contributed by atoms with Crippen molar-refractivity contribution in [3.05, 3.63) is 95.6 Å². The highest BCUT2D eigenvalue weighted by atomic mass is 16.3. The van der Waals surface area contributed by atoms with Crippen LogP contribution in [0.15, 0.2) is 84.0 Å². The van der Waals surface area contributed by atoms with E-state index in [1.54, 1.807) is 30.0 Å². The van der Waals surface area contributed by atoms with Gasteiger partial charge in [0.05, 0.1) is 5.71 Å². The van der Waals surface area contributed by atoms with Gasteiger partial charge in [0.15, 0.2) is 6.10 Å². The number of nitrogens with one attached hydrogen (secondary N) is 1. The van der Waals surface area contributed by atoms with Crippen molar-refractivity contribution in [3.8, 4) is 12.3 Å². The van der Waals surface area contributed by atoms with Gasteiger partial charge in [0.2, 0.25) is 0 Å². The summed E-state index contributed by atoms with van der Waals surface area (Å²) in [6.07, 6.45) is 12.5. The SMILES string of the molecule is C#CC.C=C/C=C(\C)C/C(=N\NCC1CCN(C(=O)C(O)c2ccccc2)CC1)c1ccc(C)cc1.CCCC. The number of nitrogens with zero attached hydrogens (tertiary/aromatic N) is 2. The average molecular weight is 544 g/mol. The molecule has 2 aromatic carbocycles. The first-order valence-corrected chi connectivity index (χ1v) is 14.3. The van der Waals surface area contributed by atoms with Gasteiger partial charge < -0.3 is 15.4 Å². The van der Waals surface area contributed by atoms with E-state index < -0.39 is 6.10 Å². The summed E-state index contributed by atoms with van der Waals surface area (Å²) in [6.45, 7) is 16.0. The fourth-order valence-corrected chi connectivity index (χ4v) is 4.05. The summed E-state index contributed by atoms with van der Waals surface area (Å²) in [5, 5.41) is 15.1. The first-order valence-electron chi connectivity index (χ1n) is 14.3. The van der Waals surface area contributed by atoms with Gasteiger partial charge in [-0.25, -0.2) is 0 Å². The van der Waals surface area contributed by atoms with Gasteiger partial charge in [-0.3, -0.25) is 4.79 Å². The van der Waals surface area contributed by atoms with Crippen molar-refractivity contribution >= 4 is 11.6 Å². The third-order valence-electron chi connectivity index (χ3n) is 6.60. The van der Waals surface area contributed by atoms with Crippen LogP contribution in [0.5, 0.6) is 0 Å². The van der Waals surface area contributed by atoms with Crippen molar-refractivity contribution in [2.45, 2.75) is 72.8 Å². The average Bonchev–Trinajstić information content (AvgIpc) is 2.98. The molecule has 0 aliphatic carbocycles. The van der Waals surface area contributed by atoms with Crippen molar-refractivity contribution in [3.63, 3.8) is 0 Å². The molecule has 5 heteroatoms. The number of aliphatic hydroxyl groups excluding tert-OH is 1. The third kappa shape index (κ3) is 13.0. The highest BCUT2D eigenvalue weighted by Gasteiger charge is 2.27. The maximum atomic E-state index is 12.7. The molecule has 5 nitrogen and oxygen atoms in total. The first-order chi connectivity index (χ1) is 19.3. The Morgan fingerprint density at radius 1 is 1.15 bits per heavy atom. The highest BCUT2D eigenvalue weighted by Crippen LogP contribution is 2.22. The van der Waals surface area contributed by atoms with E-state index in [9.17, 15) is 9.90 Å². The number of amides is 1. The van der Waals surface area contributed by atoms with E-state index >= 15 is 0 Å². The number of piperidine rings is 1. The Morgan fingerprint density at radius 3 is 2.25 bits per heavy atom. The van der Waals surface area contributed by atoms with Crippen LogP contribution in [0, 0.1) is 25.2 Å². The number of unbranched alkanes of at least 4 members (excludes halogenated alkanes) is 1. The van der Waals surface area contributed by atoms with Crippen LogP contribution in [0.1, 0.15) is 82.6 Å². The van der Waals surface area contributed by atoms with Gasteiger partial charge in [-0.2, -0.15) is 5.10 Å². The van der Waals surface area contributed by atoms with Crippen LogP contribution < -0.4 is 5.43 Å². The molecule has 0 aromatic heterocycles. The van der Waals surface area contributed by atoms with Gasteiger partial charge in [0.25, 0.3) is 5.91 Å². The monoisotopic (exact) mass is 543 g/mol. The molecule has 3 rings (SSSR count). The van der Waals surface area contributed by atoms with Crippen LogP contribution in [0.3, 0.4) is 0 Å². The van der Waals surface area contributed by atoms with E-state index in [0.717, 1.165) is 37.1 Å². The molecule has 0 spiro atoms. The second-order valence-corrected chi connectivity index (χ2v) is 10.1. The highest BCUT2D eigenvalue weighted by molar-refractivity contribution is 6.01. The first kappa shape index (κ1) is 34.4. The second-order valence-electron chi connectivity index (χ2n) is 10.1. The molecule has 0 bridgehead atoms. The number of carbonyl (C=O) groups is 1. The lowest BCUT2D eigenvalue weighted by molar-refractivity contribution is -0.142. The predicted molar refractivity (Wildman–Crippen MR) is 170 cm³/mol. The number of likely N-dealkylation sites (tertiary alicyclic amines) is 1. The predicted octanol–water partition coefficient (Wildman–Crippen LogP) is 7.23. The molecule has 1 aliphatic rings. The van der Waals surface area contributed by atoms with E-state index in [1.807, 2.05) is 24.3 Å². The molecule has 1 amide bonds. The minimum atomic E-state index is -1.09. The molecular formula is C35H49N3O2. The van der Waals surface area contributed by atoms with Gasteiger partial charge in [0.1, 0.15) is 0 Å². The molecule has 1 saturated heterocycles. The summed E-state index contributed by atoms with van der Waals surface area (Å²) in [6, 6.07) is 17.6. The summed E-state index contributed by atoms with van der Waals surface area (Å²) >= 11 is 0. The Labute approximate surface area is 243 Å². The van der Waals surface area contributed by atoms with Crippen LogP contribution in [0.25, 0.3) is 0 Å². The van der Waals surface area contributed by atoms with Crippen molar-refractivity contribution < 1.29 is 9.90 Å². The number of hydrogen-bond acceptors (Lipinski definition) is 4. The van der Waals surface area contributed by atoms with E-state index in [0.29, 0.717) is 24.6 Å². The molecule has 1 heterocycles. The van der Waals surface area contributed by atoms with Crippen LogP contribution >= 0.6 is 0 Å². The Hall–Kier alpha value is -3.62. The van der Waals surface area contributed by atoms with E-state index in [-0.39, 0.29) is 5.91 Å². The Morgan fingerprint density at radius 2 is 1.73 bits per heavy atom. The number of allylic oxidation sites excluding steroid dienone is 3. The van der Waals surface area contributed by atoms with E-state index in [2.05, 4.69) is 76.3 Å². The molecule has 216 valence electrons. The van der Waals surface area contributed by atoms with Crippen LogP contribution in [-0.4, -0.2) is 41.3 Å². The number of carbonyl (C=O) groups excluding carboxylic acids is 1. The fourth-order valence-electron chi connectivity index (χ4n) is 4.05. The summed E-state index contributed by atoms with van der Waals surface area (Å²) in [4.78, 5) is 14.4. The molecule has 1 aliphatic heterocycles. The Balaban J connectivity index is 0.00000103. The largest absolute Gasteiger partial charge is 0.378 e. The van der Waals surface area contributed by atoms with Crippen LogP contribution in [0.2, 0.25) is 0 Å². The lowest BCUT2D eigenvalue weighted by Gasteiger charge is -2.33. The van der Waals surface area contributed by atoms with Gasteiger partial charge >= 0.3 is 0 Å². The Kier molecular flexibility index (Phi) is 17.5. The quantitative estimate of drug-likeness (QED) is 0.144. The lowest BCUT2D eigenvalue weighted by Crippen LogP contribution is -2.42. The zero-order valence-electron chi connectivity index (χ0n) is 25.2. The number of aryl methyl sites for hydroxylation is 1. The van der Waals surface area contributed by atoms with Gasteiger partial charge in [-0.15, -0.1) is 12.3 Å². The second kappa shape index (κ2) is 20.3. The van der Waals surface area contributed by atoms with Crippen molar-refractivity contribution in [1.29, 1.82) is 0 Å². The number of hydrogen-bond donors (Lipinski definition) is 2. The topological polar surface area (TPSA) is 64.9 Å². The van der Waals surface area contributed by atoms with Crippen LogP contribution in [0.4, 0.5) is 0 Å². The number of aliphatic hydroxyl groups is 1. The number of hydrazone groups is 1. The van der Waals surface area contributed by atoms with Gasteiger partial charge in [0, 0.05) is 26.1 Å². The van der Waals surface area contributed by atoms with Gasteiger partial charge in [-0.1, -0.05) is 111 Å². The number of benzene rings is 2. The van der Waals surface area contributed by atoms with Crippen LogP contribution in [-0.2, 0) is 4.79 Å². The molecule has 0 radical (unpaired) electrons. The molecule has 1 fully saturated rings. The summed E-state index contributed by atoms with van der Waals surface area (Å²) in [5.41, 5.74) is 8.48. The normalized spacial score (nSPS) is 14.5. The molecule has 1 unspecified atom stereocenters. The van der Waals surface area contributed by atoms with Crippen molar-refractivity contribution in [2.24, 2.45) is 11.0 Å². The molecule has 2 aromatic rings. The maximum Gasteiger partial charge on any atom is 0.256 e. The standard InChI is InChI=1S/C28H35N3O2.C4H10.C3H4/c1-4-8-22(3)19-26(24-13-11-21(2)12-14-24)30-29-20-23-15-17-31(18-16-23)28(33)27(32)25-9-6-5-7-10-25;1-3-4-2;1-3-2/h4-14,23,27,29,32H,1,15-20H2,2-3H3;3-4H2,1-2H3;1H,2H3/b22-8+,30-26+;;. The molecule has 40 heavy (non-hydrogen) atoms. The third-order valence-corrected chi connectivity index (χ3v) is 6.60. The molecular weight excluding hydrogens is 494 g/mol. The number of terminal acetylenes is 1. The minimum absolute atomic E-state index is 0.211. The maximum absolute atomic E-state index is 12.7. The number of rotatable bonds is 10. The molecule has 0 saturated carbocycles. The lowest BCUT2D eigenvalue weighted by atomic mass is 9.96. The van der Waals surface area contributed by atoms with Gasteiger partial charge in [-0.05, 0) is 50.7 Å². The fraction of sp³-hybridized carbons (Fsp3) is 0.429. The van der Waals surface area contributed by atoms with E-state index in [4.69, 9.17) is 5.10 Å². The molecule has 2 N–H and O–H groups in total. The summed E-state index contributed by atoms with van der Waals surface area (Å²) in [5.74, 6) is 2.48. The summed E-state index contributed by atoms with van der Waals surface area (Å²) in [7, 11) is 0. The minimum Gasteiger partial charge on any atom is -0.378 e. The Bertz CT molecular complexity index is 1090. The summed E-state index contributed by atoms with van der Waals surface area (Å²) < 4.78 is 0. The van der Waals surface area contributed by atoms with Crippen molar-refractivity contribution in [2.75, 3.05) is 19.6 Å². The molecule has 1 atom stereocenters. The zero-order chi connectivity index (χ0) is 29.8. The van der Waals surface area contributed by atoms with Crippen molar-refractivity contribution in [1.82, 2.24) is 10.3 Å².